The molecule has 4 rings (SSSR count). The largest absolute Gasteiger partial charge is 0.449 e. The first-order valence-corrected chi connectivity index (χ1v) is 9.85. The molecule has 5 heteroatoms. The molecule has 2 aromatic rings. The van der Waals surface area contributed by atoms with Crippen LogP contribution in [0, 0.1) is 0 Å². The molecule has 0 spiro atoms. The third-order valence-corrected chi connectivity index (χ3v) is 5.47. The number of alkyl carbamates (subject to hydrolysis) is 1. The summed E-state index contributed by atoms with van der Waals surface area (Å²) in [6.07, 6.45) is 0.627. The lowest BCUT2D eigenvalue weighted by Gasteiger charge is -2.27. The molecule has 1 fully saturated rings. The van der Waals surface area contributed by atoms with Crippen molar-refractivity contribution >= 4 is 6.09 Å². The lowest BCUT2D eigenvalue weighted by atomic mass is 9.98. The molecule has 5 nitrogen and oxygen atoms in total. The van der Waals surface area contributed by atoms with Crippen LogP contribution >= 0.6 is 0 Å². The minimum absolute atomic E-state index is 0.115. The Bertz CT molecular complexity index is 741. The molecule has 27 heavy (non-hydrogen) atoms. The van der Waals surface area contributed by atoms with Crippen molar-refractivity contribution in [3.63, 3.8) is 0 Å². The van der Waals surface area contributed by atoms with Crippen molar-refractivity contribution in [3.05, 3.63) is 59.7 Å². The second-order valence-electron chi connectivity index (χ2n) is 7.20. The standard InChI is InChI=1S/C22H27N3O2/c26-22(24-10-5-13-25-14-11-23-12-15-25)27-16-21-19-8-3-1-6-17(19)18-7-2-4-9-20(18)21/h1-4,6-9,21,23H,5,10-16H2,(H,24,26). The average Bonchev–Trinajstić information content (AvgIpc) is 3.04. The maximum absolute atomic E-state index is 12.1. The Hall–Kier alpha value is -2.37. The second kappa shape index (κ2) is 8.55. The molecule has 2 N–H and O–H groups in total. The van der Waals surface area contributed by atoms with Crippen molar-refractivity contribution in [2.75, 3.05) is 45.9 Å². The van der Waals surface area contributed by atoms with Gasteiger partial charge >= 0.3 is 6.09 Å². The van der Waals surface area contributed by atoms with Crippen LogP contribution in [-0.2, 0) is 4.74 Å². The summed E-state index contributed by atoms with van der Waals surface area (Å²) in [5.41, 5.74) is 4.98. The van der Waals surface area contributed by atoms with Gasteiger partial charge in [-0.25, -0.2) is 4.79 Å². The van der Waals surface area contributed by atoms with E-state index in [1.54, 1.807) is 0 Å². The highest BCUT2D eigenvalue weighted by Gasteiger charge is 2.28. The number of carbonyl (C=O) groups is 1. The van der Waals surface area contributed by atoms with Gasteiger partial charge in [0, 0.05) is 38.6 Å². The number of carbonyl (C=O) groups excluding carboxylic acids is 1. The number of nitrogens with zero attached hydrogens (tertiary/aromatic N) is 1. The zero-order valence-electron chi connectivity index (χ0n) is 15.6. The van der Waals surface area contributed by atoms with Crippen LogP contribution in [0.1, 0.15) is 23.5 Å². The summed E-state index contributed by atoms with van der Waals surface area (Å²) in [6, 6.07) is 16.8. The number of hydrogen-bond acceptors (Lipinski definition) is 4. The molecular formula is C22H27N3O2. The first-order chi connectivity index (χ1) is 13.3. The molecule has 0 aromatic heterocycles. The third kappa shape index (κ3) is 4.15. The van der Waals surface area contributed by atoms with Crippen LogP contribution in [0.25, 0.3) is 11.1 Å². The quantitative estimate of drug-likeness (QED) is 0.773. The summed E-state index contributed by atoms with van der Waals surface area (Å²) in [6.45, 7) is 6.33. The number of rotatable bonds is 6. The Morgan fingerprint density at radius 1 is 1.04 bits per heavy atom. The van der Waals surface area contributed by atoms with Gasteiger partial charge in [0.25, 0.3) is 0 Å². The first-order valence-electron chi connectivity index (χ1n) is 9.85. The summed E-state index contributed by atoms with van der Waals surface area (Å²) in [5, 5.41) is 6.24. The fraction of sp³-hybridized carbons (Fsp3) is 0.409. The lowest BCUT2D eigenvalue weighted by Crippen LogP contribution is -2.44. The topological polar surface area (TPSA) is 53.6 Å². The third-order valence-electron chi connectivity index (χ3n) is 5.47. The molecule has 0 saturated carbocycles. The van der Waals surface area contributed by atoms with Crippen LogP contribution in [0.4, 0.5) is 4.79 Å². The molecule has 1 saturated heterocycles. The number of amides is 1. The van der Waals surface area contributed by atoms with Gasteiger partial charge in [0.1, 0.15) is 6.61 Å². The van der Waals surface area contributed by atoms with E-state index in [2.05, 4.69) is 51.9 Å². The summed E-state index contributed by atoms with van der Waals surface area (Å²) < 4.78 is 5.56. The van der Waals surface area contributed by atoms with Crippen LogP contribution in [0.2, 0.25) is 0 Å². The van der Waals surface area contributed by atoms with Crippen molar-refractivity contribution in [3.8, 4) is 11.1 Å². The highest BCUT2D eigenvalue weighted by molar-refractivity contribution is 5.79. The zero-order chi connectivity index (χ0) is 18.5. The summed E-state index contributed by atoms with van der Waals surface area (Å²) >= 11 is 0. The normalized spacial score (nSPS) is 16.6. The number of hydrogen-bond donors (Lipinski definition) is 2. The SMILES string of the molecule is O=C(NCCCN1CCNCC1)OCC1c2ccccc2-c2ccccc21. The van der Waals surface area contributed by atoms with E-state index < -0.39 is 0 Å². The van der Waals surface area contributed by atoms with Crippen molar-refractivity contribution in [1.29, 1.82) is 0 Å². The lowest BCUT2D eigenvalue weighted by molar-refractivity contribution is 0.142. The van der Waals surface area contributed by atoms with Crippen LogP contribution < -0.4 is 10.6 Å². The molecule has 2 aromatic carbocycles. The van der Waals surface area contributed by atoms with E-state index in [1.165, 1.54) is 22.3 Å². The minimum atomic E-state index is -0.322. The van der Waals surface area contributed by atoms with Crippen LogP contribution in [0.3, 0.4) is 0 Å². The molecular weight excluding hydrogens is 338 g/mol. The van der Waals surface area contributed by atoms with Gasteiger partial charge in [-0.15, -0.1) is 0 Å². The second-order valence-corrected chi connectivity index (χ2v) is 7.20. The molecule has 0 atom stereocenters. The highest BCUT2D eigenvalue weighted by atomic mass is 16.5. The van der Waals surface area contributed by atoms with E-state index in [0.29, 0.717) is 13.2 Å². The fourth-order valence-electron chi connectivity index (χ4n) is 4.08. The van der Waals surface area contributed by atoms with Crippen LogP contribution in [-0.4, -0.2) is 56.9 Å². The Kier molecular flexibility index (Phi) is 5.70. The molecule has 142 valence electrons. The van der Waals surface area contributed by atoms with Crippen LogP contribution in [0.15, 0.2) is 48.5 Å². The molecule has 1 aliphatic heterocycles. The Balaban J connectivity index is 1.26. The average molecular weight is 365 g/mol. The minimum Gasteiger partial charge on any atom is -0.449 e. The van der Waals surface area contributed by atoms with Crippen molar-refractivity contribution in [2.45, 2.75) is 12.3 Å². The highest BCUT2D eigenvalue weighted by Crippen LogP contribution is 2.44. The number of nitrogens with one attached hydrogen (secondary N) is 2. The van der Waals surface area contributed by atoms with Gasteiger partial charge < -0.3 is 20.3 Å². The predicted octanol–water partition coefficient (Wildman–Crippen LogP) is 2.82. The van der Waals surface area contributed by atoms with E-state index in [-0.39, 0.29) is 12.0 Å². The number of piperazine rings is 1. The molecule has 1 aliphatic carbocycles. The number of benzene rings is 2. The van der Waals surface area contributed by atoms with Gasteiger partial charge in [0.05, 0.1) is 0 Å². The Morgan fingerprint density at radius 2 is 1.67 bits per heavy atom. The zero-order valence-corrected chi connectivity index (χ0v) is 15.6. The van der Waals surface area contributed by atoms with Crippen molar-refractivity contribution in [1.82, 2.24) is 15.5 Å². The maximum Gasteiger partial charge on any atom is 0.407 e. The van der Waals surface area contributed by atoms with Gasteiger partial charge in [-0.2, -0.15) is 0 Å². The Morgan fingerprint density at radius 3 is 2.33 bits per heavy atom. The van der Waals surface area contributed by atoms with Gasteiger partial charge in [-0.3, -0.25) is 0 Å². The predicted molar refractivity (Wildman–Crippen MR) is 107 cm³/mol. The van der Waals surface area contributed by atoms with E-state index in [0.717, 1.165) is 39.1 Å². The smallest absolute Gasteiger partial charge is 0.407 e. The van der Waals surface area contributed by atoms with Crippen molar-refractivity contribution in [2.24, 2.45) is 0 Å². The number of fused-ring (bicyclic) bond motifs is 3. The van der Waals surface area contributed by atoms with Gasteiger partial charge in [-0.05, 0) is 35.2 Å². The molecule has 1 heterocycles. The van der Waals surface area contributed by atoms with E-state index in [9.17, 15) is 4.79 Å². The van der Waals surface area contributed by atoms with E-state index in [4.69, 9.17) is 4.74 Å². The molecule has 2 aliphatic rings. The summed E-state index contributed by atoms with van der Waals surface area (Å²) in [5.74, 6) is 0.115. The van der Waals surface area contributed by atoms with E-state index in [1.807, 2.05) is 12.1 Å². The number of ether oxygens (including phenoxy) is 1. The molecule has 0 unspecified atom stereocenters. The van der Waals surface area contributed by atoms with E-state index >= 15 is 0 Å². The maximum atomic E-state index is 12.1. The van der Waals surface area contributed by atoms with Gasteiger partial charge in [0.15, 0.2) is 0 Å². The summed E-state index contributed by atoms with van der Waals surface area (Å²) in [4.78, 5) is 14.5. The monoisotopic (exact) mass is 365 g/mol. The van der Waals surface area contributed by atoms with Crippen molar-refractivity contribution < 1.29 is 9.53 Å². The molecule has 0 radical (unpaired) electrons. The van der Waals surface area contributed by atoms with Gasteiger partial charge in [-0.1, -0.05) is 48.5 Å². The molecule has 1 amide bonds. The van der Waals surface area contributed by atoms with Crippen LogP contribution in [0.5, 0.6) is 0 Å². The summed E-state index contributed by atoms with van der Waals surface area (Å²) in [7, 11) is 0. The molecule has 0 bridgehead atoms. The fourth-order valence-corrected chi connectivity index (χ4v) is 4.08. The first kappa shape index (κ1) is 18.0. The van der Waals surface area contributed by atoms with Gasteiger partial charge in [0.2, 0.25) is 0 Å². The Labute approximate surface area is 160 Å².